The number of aliphatic imine (C=N–C) groups is 1. The molecule has 2 aromatic heterocycles. The van der Waals surface area contributed by atoms with E-state index >= 15 is 0 Å². The number of aryl methyl sites for hydroxylation is 1. The van der Waals surface area contributed by atoms with Gasteiger partial charge in [-0.3, -0.25) is 9.98 Å². The van der Waals surface area contributed by atoms with Crippen LogP contribution in [-0.4, -0.2) is 42.5 Å². The lowest BCUT2D eigenvalue weighted by atomic mass is 9.95. The molecule has 5 rings (SSSR count). The first-order chi connectivity index (χ1) is 15.5. The number of amidine groups is 1. The second-order valence-electron chi connectivity index (χ2n) is 8.35. The van der Waals surface area contributed by atoms with Gasteiger partial charge < -0.3 is 14.6 Å². The number of benzene rings is 1. The molecule has 2 aliphatic heterocycles. The molecule has 0 radical (unpaired) electrons. The zero-order chi connectivity index (χ0) is 22.4. The molecule has 1 fully saturated rings. The zero-order valence-corrected chi connectivity index (χ0v) is 19.2. The van der Waals surface area contributed by atoms with E-state index in [4.69, 9.17) is 4.99 Å². The van der Waals surface area contributed by atoms with Crippen molar-refractivity contribution in [1.29, 1.82) is 0 Å². The van der Waals surface area contributed by atoms with Gasteiger partial charge >= 0.3 is 5.97 Å². The molecular weight excluding hydrogens is 420 g/mol. The summed E-state index contributed by atoms with van der Waals surface area (Å²) in [5.41, 5.74) is 5.77. The van der Waals surface area contributed by atoms with E-state index in [1.165, 1.54) is 5.56 Å². The van der Waals surface area contributed by atoms with Gasteiger partial charge in [-0.15, -0.1) is 0 Å². The standard InChI is InChI=1S/C25H26N4O2S/c1-4-18-14-32-25-27-22(21-7-5-6-12-26-21)23(29(18)25)20-13-15(2)28(16(20)3)19-10-8-17(9-11-19)24(30)31/h5-13,18,22-23H,4,14H2,1-3H3,(H,30,31)/t18-,22-,23+/m1/s1. The van der Waals surface area contributed by atoms with E-state index < -0.39 is 5.97 Å². The van der Waals surface area contributed by atoms with Gasteiger partial charge in [-0.05, 0) is 68.3 Å². The lowest BCUT2D eigenvalue weighted by Crippen LogP contribution is -2.35. The fraction of sp³-hybridized carbons (Fsp3) is 0.320. The summed E-state index contributed by atoms with van der Waals surface area (Å²) in [6.45, 7) is 6.49. The molecule has 32 heavy (non-hydrogen) atoms. The molecule has 0 unspecified atom stereocenters. The van der Waals surface area contributed by atoms with Crippen molar-refractivity contribution >= 4 is 22.9 Å². The van der Waals surface area contributed by atoms with Crippen LogP contribution >= 0.6 is 11.8 Å². The predicted molar refractivity (Wildman–Crippen MR) is 128 cm³/mol. The Bertz CT molecular complexity index is 1190. The number of hydrogen-bond acceptors (Lipinski definition) is 5. The number of rotatable bonds is 5. The minimum Gasteiger partial charge on any atom is -0.478 e. The van der Waals surface area contributed by atoms with Crippen molar-refractivity contribution in [3.63, 3.8) is 0 Å². The topological polar surface area (TPSA) is 70.7 Å². The minimum absolute atomic E-state index is 0.0450. The lowest BCUT2D eigenvalue weighted by Gasteiger charge is -2.32. The van der Waals surface area contributed by atoms with Crippen LogP contribution in [0.4, 0.5) is 0 Å². The Hall–Kier alpha value is -3.06. The number of fused-ring (bicyclic) bond motifs is 1. The van der Waals surface area contributed by atoms with Crippen molar-refractivity contribution in [2.24, 2.45) is 4.99 Å². The van der Waals surface area contributed by atoms with Gasteiger partial charge in [-0.25, -0.2) is 4.79 Å². The van der Waals surface area contributed by atoms with Crippen LogP contribution in [0, 0.1) is 13.8 Å². The highest BCUT2D eigenvalue weighted by molar-refractivity contribution is 8.14. The van der Waals surface area contributed by atoms with Crippen LogP contribution in [0.1, 0.15) is 58.4 Å². The van der Waals surface area contributed by atoms with Crippen LogP contribution < -0.4 is 0 Å². The molecule has 0 saturated carbocycles. The van der Waals surface area contributed by atoms with Crippen molar-refractivity contribution < 1.29 is 9.90 Å². The van der Waals surface area contributed by atoms with E-state index in [-0.39, 0.29) is 12.1 Å². The number of nitrogens with zero attached hydrogens (tertiary/aromatic N) is 4. The minimum atomic E-state index is -0.913. The number of carboxylic acid groups (broad SMARTS) is 1. The molecule has 1 aromatic carbocycles. The Morgan fingerprint density at radius 3 is 2.62 bits per heavy atom. The highest BCUT2D eigenvalue weighted by Gasteiger charge is 2.46. The normalized spacial score (nSPS) is 22.2. The first kappa shape index (κ1) is 20.8. The predicted octanol–water partition coefficient (Wildman–Crippen LogP) is 5.17. The third-order valence-corrected chi connectivity index (χ3v) is 7.62. The number of carbonyl (C=O) groups is 1. The van der Waals surface area contributed by atoms with Crippen LogP contribution in [0.5, 0.6) is 0 Å². The second-order valence-corrected chi connectivity index (χ2v) is 9.34. The molecule has 0 aliphatic carbocycles. The van der Waals surface area contributed by atoms with Gasteiger partial charge in [0.1, 0.15) is 6.04 Å². The third kappa shape index (κ3) is 3.32. The van der Waals surface area contributed by atoms with Gasteiger partial charge in [0.15, 0.2) is 5.17 Å². The van der Waals surface area contributed by atoms with E-state index in [0.717, 1.165) is 40.1 Å². The molecule has 0 amide bonds. The van der Waals surface area contributed by atoms with Crippen molar-refractivity contribution in [3.8, 4) is 5.69 Å². The molecule has 2 aliphatic rings. The molecule has 1 N–H and O–H groups in total. The molecule has 0 bridgehead atoms. The first-order valence-corrected chi connectivity index (χ1v) is 11.9. The van der Waals surface area contributed by atoms with Gasteiger partial charge in [0.05, 0.1) is 17.3 Å². The molecule has 0 spiro atoms. The summed E-state index contributed by atoms with van der Waals surface area (Å²) < 4.78 is 2.21. The Balaban J connectivity index is 1.60. The fourth-order valence-corrected chi connectivity index (χ4v) is 6.26. The van der Waals surface area contributed by atoms with Crippen LogP contribution in [0.15, 0.2) is 59.7 Å². The molecule has 7 heteroatoms. The molecule has 3 atom stereocenters. The summed E-state index contributed by atoms with van der Waals surface area (Å²) in [6.07, 6.45) is 2.92. The Morgan fingerprint density at radius 1 is 1.19 bits per heavy atom. The van der Waals surface area contributed by atoms with E-state index in [1.807, 2.05) is 42.2 Å². The molecule has 3 aromatic rings. The Labute approximate surface area is 192 Å². The number of thioether (sulfide) groups is 1. The largest absolute Gasteiger partial charge is 0.478 e. The van der Waals surface area contributed by atoms with Gasteiger partial charge in [0.2, 0.25) is 0 Å². The molecule has 1 saturated heterocycles. The van der Waals surface area contributed by atoms with Crippen LogP contribution in [0.2, 0.25) is 0 Å². The maximum atomic E-state index is 11.3. The maximum absolute atomic E-state index is 11.3. The number of pyridine rings is 1. The van der Waals surface area contributed by atoms with Crippen molar-refractivity contribution in [2.45, 2.75) is 45.3 Å². The van der Waals surface area contributed by atoms with Crippen LogP contribution in [0.25, 0.3) is 5.69 Å². The summed E-state index contributed by atoms with van der Waals surface area (Å²) >= 11 is 1.85. The average molecular weight is 447 g/mol. The molecule has 6 nitrogen and oxygen atoms in total. The van der Waals surface area contributed by atoms with Gasteiger partial charge in [0, 0.05) is 35.1 Å². The molecular formula is C25H26N4O2S. The SMILES string of the molecule is CC[C@@H]1CSC2=N[C@H](c3ccccn3)[C@H](c3cc(C)n(-c4ccc(C(=O)O)cc4)c3C)N21. The van der Waals surface area contributed by atoms with Crippen molar-refractivity contribution in [3.05, 3.63) is 82.9 Å². The monoisotopic (exact) mass is 446 g/mol. The van der Waals surface area contributed by atoms with E-state index in [0.29, 0.717) is 11.6 Å². The number of aromatic nitrogens is 2. The van der Waals surface area contributed by atoms with Gasteiger partial charge in [-0.2, -0.15) is 0 Å². The quantitative estimate of drug-likeness (QED) is 0.586. The third-order valence-electron chi connectivity index (χ3n) is 6.49. The summed E-state index contributed by atoms with van der Waals surface area (Å²) in [5, 5.41) is 10.4. The van der Waals surface area contributed by atoms with Crippen LogP contribution in [0.3, 0.4) is 0 Å². The first-order valence-electron chi connectivity index (χ1n) is 10.9. The smallest absolute Gasteiger partial charge is 0.335 e. The summed E-state index contributed by atoms with van der Waals surface area (Å²) in [6, 6.07) is 15.9. The van der Waals surface area contributed by atoms with Crippen molar-refractivity contribution in [2.75, 3.05) is 5.75 Å². The summed E-state index contributed by atoms with van der Waals surface area (Å²) in [7, 11) is 0. The van der Waals surface area contributed by atoms with Gasteiger partial charge in [-0.1, -0.05) is 24.8 Å². The van der Waals surface area contributed by atoms with E-state index in [2.05, 4.69) is 47.4 Å². The van der Waals surface area contributed by atoms with E-state index in [1.54, 1.807) is 12.1 Å². The van der Waals surface area contributed by atoms with E-state index in [9.17, 15) is 9.90 Å². The summed E-state index contributed by atoms with van der Waals surface area (Å²) in [5.74, 6) is 0.153. The number of carboxylic acids is 1. The second kappa shape index (κ2) is 8.13. The fourth-order valence-electron chi connectivity index (χ4n) is 4.92. The highest BCUT2D eigenvalue weighted by Crippen LogP contribution is 2.49. The van der Waals surface area contributed by atoms with Crippen LogP contribution in [-0.2, 0) is 0 Å². The van der Waals surface area contributed by atoms with Gasteiger partial charge in [0.25, 0.3) is 0 Å². The zero-order valence-electron chi connectivity index (χ0n) is 18.4. The summed E-state index contributed by atoms with van der Waals surface area (Å²) in [4.78, 5) is 23.5. The number of aromatic carboxylic acids is 1. The maximum Gasteiger partial charge on any atom is 0.335 e. The Kier molecular flexibility index (Phi) is 5.29. The lowest BCUT2D eigenvalue weighted by molar-refractivity contribution is 0.0697. The highest BCUT2D eigenvalue weighted by atomic mass is 32.2. The average Bonchev–Trinajstić information content (AvgIpc) is 3.46. The Morgan fingerprint density at radius 2 is 1.97 bits per heavy atom. The van der Waals surface area contributed by atoms with Crippen molar-refractivity contribution in [1.82, 2.24) is 14.5 Å². The number of hydrogen-bond donors (Lipinski definition) is 1. The molecule has 4 heterocycles. The molecule has 164 valence electrons.